The third-order valence-corrected chi connectivity index (χ3v) is 6.19. The molecule has 1 saturated heterocycles. The van der Waals surface area contributed by atoms with Crippen molar-refractivity contribution in [3.63, 3.8) is 0 Å². The molecule has 1 aliphatic rings. The Bertz CT molecular complexity index is 1100. The second-order valence-electron chi connectivity index (χ2n) is 7.42. The number of rotatable bonds is 4. The summed E-state index contributed by atoms with van der Waals surface area (Å²) in [5.74, 6) is 1.17. The van der Waals surface area contributed by atoms with Crippen LogP contribution in [0.5, 0.6) is 5.88 Å². The van der Waals surface area contributed by atoms with Crippen molar-refractivity contribution in [1.82, 2.24) is 19.5 Å². The summed E-state index contributed by atoms with van der Waals surface area (Å²) in [6, 6.07) is 13.8. The summed E-state index contributed by atoms with van der Waals surface area (Å²) in [7, 11) is 0. The van der Waals surface area contributed by atoms with Crippen molar-refractivity contribution in [2.24, 2.45) is 0 Å². The molecular weight excluding hydrogens is 388 g/mol. The fourth-order valence-electron chi connectivity index (χ4n) is 4.03. The lowest BCUT2D eigenvalue weighted by Gasteiger charge is -2.40. The van der Waals surface area contributed by atoms with E-state index in [-0.39, 0.29) is 24.1 Å². The Hall–Kier alpha value is -2.68. The molecule has 0 aliphatic carbocycles. The van der Waals surface area contributed by atoms with Crippen molar-refractivity contribution in [3.05, 3.63) is 59.2 Å². The smallest absolute Gasteiger partial charge is 0.230 e. The monoisotopic (exact) mass is 410 g/mol. The van der Waals surface area contributed by atoms with Crippen LogP contribution in [0.3, 0.4) is 0 Å². The zero-order valence-electron chi connectivity index (χ0n) is 16.2. The van der Waals surface area contributed by atoms with Gasteiger partial charge in [0.2, 0.25) is 16.7 Å². The molecule has 3 aromatic heterocycles. The Morgan fingerprint density at radius 3 is 2.52 bits per heavy atom. The number of thiazole rings is 1. The molecule has 4 heterocycles. The molecular formula is C21H22N4O3S. The van der Waals surface area contributed by atoms with Crippen molar-refractivity contribution in [1.29, 1.82) is 0 Å². The first-order valence-corrected chi connectivity index (χ1v) is 10.5. The molecule has 0 spiro atoms. The second-order valence-corrected chi connectivity index (χ2v) is 8.43. The highest BCUT2D eigenvalue weighted by atomic mass is 32.1. The minimum Gasteiger partial charge on any atom is -0.492 e. The van der Waals surface area contributed by atoms with Gasteiger partial charge in [0.1, 0.15) is 0 Å². The molecule has 0 saturated carbocycles. The Morgan fingerprint density at radius 1 is 1.10 bits per heavy atom. The Labute approximate surface area is 172 Å². The fourth-order valence-corrected chi connectivity index (χ4v) is 5.15. The summed E-state index contributed by atoms with van der Waals surface area (Å²) >= 11 is 1.46. The zero-order chi connectivity index (χ0) is 20.0. The van der Waals surface area contributed by atoms with E-state index in [1.165, 1.54) is 15.9 Å². The third kappa shape index (κ3) is 3.33. The molecule has 1 aromatic carbocycles. The normalized spacial score (nSPS) is 21.6. The van der Waals surface area contributed by atoms with Gasteiger partial charge in [0, 0.05) is 13.1 Å². The molecule has 150 valence electrons. The summed E-state index contributed by atoms with van der Waals surface area (Å²) in [6.45, 7) is 5.75. The largest absolute Gasteiger partial charge is 0.492 e. The summed E-state index contributed by atoms with van der Waals surface area (Å²) in [6.07, 6.45) is 1.83. The summed E-state index contributed by atoms with van der Waals surface area (Å²) in [5.41, 5.74) is 1.12. The fraction of sp³-hybridized carbons (Fsp3) is 0.333. The molecule has 0 bridgehead atoms. The Morgan fingerprint density at radius 2 is 1.86 bits per heavy atom. The van der Waals surface area contributed by atoms with E-state index in [1.54, 1.807) is 18.4 Å². The van der Waals surface area contributed by atoms with E-state index in [0.29, 0.717) is 16.5 Å². The first-order chi connectivity index (χ1) is 14.1. The van der Waals surface area contributed by atoms with Crippen LogP contribution >= 0.6 is 11.3 Å². The lowest BCUT2D eigenvalue weighted by Crippen LogP contribution is -2.47. The SMILES string of the molecule is C[C@@H]1CN([C@H](c2ccccc2)c2sc3nc(-c4ccco4)nn3c2O)C[C@@H](C)O1. The Balaban J connectivity index is 1.59. The van der Waals surface area contributed by atoms with Crippen LogP contribution in [0, 0.1) is 0 Å². The number of aromatic hydroxyl groups is 1. The molecule has 5 rings (SSSR count). The number of hydrogen-bond donors (Lipinski definition) is 1. The quantitative estimate of drug-likeness (QED) is 0.549. The van der Waals surface area contributed by atoms with Crippen LogP contribution in [0.15, 0.2) is 53.1 Å². The summed E-state index contributed by atoms with van der Waals surface area (Å²) < 4.78 is 12.8. The highest BCUT2D eigenvalue weighted by Gasteiger charge is 2.34. The van der Waals surface area contributed by atoms with Gasteiger partial charge in [-0.2, -0.15) is 9.50 Å². The summed E-state index contributed by atoms with van der Waals surface area (Å²) in [4.78, 5) is 8.40. The maximum Gasteiger partial charge on any atom is 0.230 e. The van der Waals surface area contributed by atoms with Crippen LogP contribution in [-0.4, -0.2) is 49.9 Å². The molecule has 4 aromatic rings. The number of morpholine rings is 1. The number of furan rings is 1. The molecule has 1 N–H and O–H groups in total. The van der Waals surface area contributed by atoms with Gasteiger partial charge in [-0.3, -0.25) is 4.90 Å². The molecule has 29 heavy (non-hydrogen) atoms. The molecule has 0 unspecified atom stereocenters. The van der Waals surface area contributed by atoms with Gasteiger partial charge in [-0.25, -0.2) is 0 Å². The van der Waals surface area contributed by atoms with E-state index in [4.69, 9.17) is 9.15 Å². The van der Waals surface area contributed by atoms with Crippen molar-refractivity contribution < 1.29 is 14.3 Å². The first-order valence-electron chi connectivity index (χ1n) is 9.67. The summed E-state index contributed by atoms with van der Waals surface area (Å²) in [5, 5.41) is 15.5. The number of aromatic nitrogens is 3. The number of nitrogens with zero attached hydrogens (tertiary/aromatic N) is 4. The lowest BCUT2D eigenvalue weighted by molar-refractivity contribution is -0.0764. The van der Waals surface area contributed by atoms with E-state index in [1.807, 2.05) is 18.2 Å². The van der Waals surface area contributed by atoms with E-state index in [0.717, 1.165) is 23.5 Å². The number of hydrogen-bond acceptors (Lipinski definition) is 7. The van der Waals surface area contributed by atoms with Gasteiger partial charge in [-0.05, 0) is 31.5 Å². The van der Waals surface area contributed by atoms with Crippen LogP contribution in [0.4, 0.5) is 0 Å². The van der Waals surface area contributed by atoms with Gasteiger partial charge >= 0.3 is 0 Å². The molecule has 7 nitrogen and oxygen atoms in total. The van der Waals surface area contributed by atoms with Gasteiger partial charge in [0.15, 0.2) is 5.76 Å². The van der Waals surface area contributed by atoms with Crippen LogP contribution in [0.25, 0.3) is 16.5 Å². The number of benzene rings is 1. The molecule has 8 heteroatoms. The average molecular weight is 410 g/mol. The van der Waals surface area contributed by atoms with E-state index in [2.05, 4.69) is 41.0 Å². The van der Waals surface area contributed by atoms with Crippen LogP contribution in [0.1, 0.15) is 30.3 Å². The minimum absolute atomic E-state index is 0.0921. The maximum atomic E-state index is 11.1. The zero-order valence-corrected chi connectivity index (χ0v) is 17.0. The number of ether oxygens (including phenoxy) is 1. The second kappa shape index (κ2) is 7.29. The van der Waals surface area contributed by atoms with Crippen molar-refractivity contribution >= 4 is 16.3 Å². The lowest BCUT2D eigenvalue weighted by atomic mass is 10.0. The predicted octanol–water partition coefficient (Wildman–Crippen LogP) is 3.96. The predicted molar refractivity (Wildman–Crippen MR) is 110 cm³/mol. The molecule has 0 amide bonds. The third-order valence-electron chi connectivity index (χ3n) is 5.12. The van der Waals surface area contributed by atoms with Gasteiger partial charge < -0.3 is 14.3 Å². The van der Waals surface area contributed by atoms with Gasteiger partial charge in [0.05, 0.1) is 29.4 Å². The van der Waals surface area contributed by atoms with Gasteiger partial charge in [0.25, 0.3) is 0 Å². The molecule has 1 aliphatic heterocycles. The van der Waals surface area contributed by atoms with Gasteiger partial charge in [-0.1, -0.05) is 41.7 Å². The minimum atomic E-state index is -0.0921. The maximum absolute atomic E-state index is 11.1. The van der Waals surface area contributed by atoms with Crippen LogP contribution in [-0.2, 0) is 4.74 Å². The molecule has 1 fully saturated rings. The Kier molecular flexibility index (Phi) is 4.61. The average Bonchev–Trinajstić information content (AvgIpc) is 3.41. The molecule has 0 radical (unpaired) electrons. The highest BCUT2D eigenvalue weighted by molar-refractivity contribution is 7.17. The number of fused-ring (bicyclic) bond motifs is 1. The van der Waals surface area contributed by atoms with E-state index in [9.17, 15) is 5.11 Å². The van der Waals surface area contributed by atoms with E-state index >= 15 is 0 Å². The van der Waals surface area contributed by atoms with E-state index < -0.39 is 0 Å². The first kappa shape index (κ1) is 18.4. The standard InChI is InChI=1S/C21H22N4O3S/c1-13-11-24(12-14(2)28-13)17(15-7-4-3-5-8-15)18-20(26)25-21(29-18)22-19(23-25)16-9-6-10-27-16/h3-10,13-14,17,26H,11-12H2,1-2H3/t13-,14-,17-/m1/s1. The topological polar surface area (TPSA) is 76.0 Å². The highest BCUT2D eigenvalue weighted by Crippen LogP contribution is 2.41. The van der Waals surface area contributed by atoms with Crippen molar-refractivity contribution in [2.45, 2.75) is 32.1 Å². The van der Waals surface area contributed by atoms with Crippen LogP contribution in [0.2, 0.25) is 0 Å². The van der Waals surface area contributed by atoms with Crippen molar-refractivity contribution in [3.8, 4) is 17.5 Å². The molecule has 3 atom stereocenters. The van der Waals surface area contributed by atoms with Gasteiger partial charge in [-0.15, -0.1) is 5.10 Å². The van der Waals surface area contributed by atoms with Crippen molar-refractivity contribution in [2.75, 3.05) is 13.1 Å². The van der Waals surface area contributed by atoms with Crippen LogP contribution < -0.4 is 0 Å².